The van der Waals surface area contributed by atoms with E-state index in [4.69, 9.17) is 5.11 Å². The van der Waals surface area contributed by atoms with E-state index in [9.17, 15) is 9.90 Å². The fourth-order valence-corrected chi connectivity index (χ4v) is 2.20. The number of halogens is 1. The first-order valence-electron chi connectivity index (χ1n) is 6.34. The quantitative estimate of drug-likeness (QED) is 0.639. The molecule has 0 fully saturated rings. The molecule has 0 heterocycles. The van der Waals surface area contributed by atoms with Crippen LogP contribution in [0.15, 0.2) is 22.7 Å². The molecule has 3 N–H and O–H groups in total. The minimum atomic E-state index is -0.871. The summed E-state index contributed by atoms with van der Waals surface area (Å²) in [5.41, 5.74) is 2.51. The summed E-state index contributed by atoms with van der Waals surface area (Å²) in [4.78, 5) is 10.4. The van der Waals surface area contributed by atoms with Gasteiger partial charge < -0.3 is 15.5 Å². The second-order valence-electron chi connectivity index (χ2n) is 4.61. The predicted molar refractivity (Wildman–Crippen MR) is 78.3 cm³/mol. The summed E-state index contributed by atoms with van der Waals surface area (Å²) in [5, 5.41) is 21.2. The summed E-state index contributed by atoms with van der Waals surface area (Å²) in [6.07, 6.45) is 0.586. The Bertz CT molecular complexity index is 423. The van der Waals surface area contributed by atoms with E-state index in [1.165, 1.54) is 11.1 Å². The predicted octanol–water partition coefficient (Wildman–Crippen LogP) is 2.12. The average molecular weight is 330 g/mol. The number of carboxylic acid groups (broad SMARTS) is 1. The van der Waals surface area contributed by atoms with E-state index in [-0.39, 0.29) is 12.8 Å². The molecule has 0 amide bonds. The first-order chi connectivity index (χ1) is 8.99. The van der Waals surface area contributed by atoms with Crippen LogP contribution in [-0.4, -0.2) is 35.4 Å². The number of carbonyl (C=O) groups is 1. The van der Waals surface area contributed by atoms with Crippen molar-refractivity contribution < 1.29 is 15.0 Å². The third kappa shape index (κ3) is 6.71. The highest BCUT2D eigenvalue weighted by Gasteiger charge is 2.06. The van der Waals surface area contributed by atoms with Gasteiger partial charge in [0.2, 0.25) is 0 Å². The van der Waals surface area contributed by atoms with Crippen molar-refractivity contribution in [1.29, 1.82) is 0 Å². The fourth-order valence-electron chi connectivity index (χ4n) is 1.79. The zero-order chi connectivity index (χ0) is 14.3. The van der Waals surface area contributed by atoms with Crippen LogP contribution in [0.3, 0.4) is 0 Å². The van der Waals surface area contributed by atoms with Gasteiger partial charge in [-0.15, -0.1) is 0 Å². The van der Waals surface area contributed by atoms with Crippen molar-refractivity contribution in [2.45, 2.75) is 32.3 Å². The smallest absolute Gasteiger partial charge is 0.303 e. The number of nitrogens with one attached hydrogen (secondary N) is 1. The Morgan fingerprint density at radius 1 is 1.47 bits per heavy atom. The molecule has 1 atom stereocenters. The van der Waals surface area contributed by atoms with Crippen LogP contribution >= 0.6 is 15.9 Å². The molecule has 1 aromatic rings. The molecule has 4 nitrogen and oxygen atoms in total. The molecule has 106 valence electrons. The van der Waals surface area contributed by atoms with Crippen LogP contribution in [0.1, 0.15) is 24.0 Å². The van der Waals surface area contributed by atoms with Gasteiger partial charge in [-0.25, -0.2) is 0 Å². The number of aliphatic carboxylic acids is 1. The SMILES string of the molecule is Cc1ccc(Br)cc1CCNCC(O)CCC(=O)O. The van der Waals surface area contributed by atoms with Gasteiger partial charge in [-0.05, 0) is 49.6 Å². The van der Waals surface area contributed by atoms with E-state index in [2.05, 4.69) is 40.3 Å². The molecular formula is C14H20BrNO3. The molecule has 1 unspecified atom stereocenters. The summed E-state index contributed by atoms with van der Waals surface area (Å²) < 4.78 is 1.06. The van der Waals surface area contributed by atoms with Crippen LogP contribution in [0.4, 0.5) is 0 Å². The lowest BCUT2D eigenvalue weighted by molar-refractivity contribution is -0.137. The number of carboxylic acids is 1. The van der Waals surface area contributed by atoms with Gasteiger partial charge in [-0.2, -0.15) is 0 Å². The maximum absolute atomic E-state index is 10.4. The van der Waals surface area contributed by atoms with Crippen molar-refractivity contribution in [2.75, 3.05) is 13.1 Å². The summed E-state index contributed by atoms with van der Waals surface area (Å²) in [7, 11) is 0. The minimum absolute atomic E-state index is 0.00753. The Morgan fingerprint density at radius 3 is 2.89 bits per heavy atom. The molecule has 0 radical (unpaired) electrons. The van der Waals surface area contributed by atoms with Crippen LogP contribution in [0.25, 0.3) is 0 Å². The lowest BCUT2D eigenvalue weighted by Crippen LogP contribution is -2.29. The molecule has 1 rings (SSSR count). The van der Waals surface area contributed by atoms with Crippen LogP contribution in [0, 0.1) is 6.92 Å². The van der Waals surface area contributed by atoms with Crippen LogP contribution in [0.2, 0.25) is 0 Å². The van der Waals surface area contributed by atoms with Gasteiger partial charge in [-0.3, -0.25) is 4.79 Å². The number of aliphatic hydroxyl groups excluding tert-OH is 1. The Labute approximate surface area is 122 Å². The van der Waals surface area contributed by atoms with Crippen molar-refractivity contribution in [1.82, 2.24) is 5.32 Å². The highest BCUT2D eigenvalue weighted by molar-refractivity contribution is 9.10. The molecule has 0 aliphatic heterocycles. The van der Waals surface area contributed by atoms with Gasteiger partial charge in [0.25, 0.3) is 0 Å². The second-order valence-corrected chi connectivity index (χ2v) is 5.53. The molecule has 0 aliphatic rings. The molecule has 0 aliphatic carbocycles. The van der Waals surface area contributed by atoms with Crippen molar-refractivity contribution in [3.63, 3.8) is 0 Å². The number of hydrogen-bond donors (Lipinski definition) is 3. The molecule has 1 aromatic carbocycles. The minimum Gasteiger partial charge on any atom is -0.481 e. The summed E-state index contributed by atoms with van der Waals surface area (Å²) in [6.45, 7) is 3.27. The third-order valence-corrected chi connectivity index (χ3v) is 3.45. The first kappa shape index (κ1) is 16.1. The van der Waals surface area contributed by atoms with Crippen molar-refractivity contribution in [3.05, 3.63) is 33.8 Å². The Hall–Kier alpha value is -0.910. The largest absolute Gasteiger partial charge is 0.481 e. The normalized spacial score (nSPS) is 12.4. The molecule has 0 saturated carbocycles. The molecule has 0 bridgehead atoms. The average Bonchev–Trinajstić information content (AvgIpc) is 2.36. The maximum Gasteiger partial charge on any atom is 0.303 e. The first-order valence-corrected chi connectivity index (χ1v) is 7.14. The molecule has 0 aromatic heterocycles. The van der Waals surface area contributed by atoms with E-state index < -0.39 is 12.1 Å². The lowest BCUT2D eigenvalue weighted by atomic mass is 10.1. The van der Waals surface area contributed by atoms with Crippen molar-refractivity contribution >= 4 is 21.9 Å². The highest BCUT2D eigenvalue weighted by atomic mass is 79.9. The number of aliphatic hydroxyl groups is 1. The fraction of sp³-hybridized carbons (Fsp3) is 0.500. The summed E-state index contributed by atoms with van der Waals surface area (Å²) in [6, 6.07) is 6.18. The number of rotatable bonds is 8. The zero-order valence-corrected chi connectivity index (χ0v) is 12.6. The molecule has 0 spiro atoms. The van der Waals surface area contributed by atoms with E-state index in [0.717, 1.165) is 17.4 Å². The Kier molecular flexibility index (Phi) is 7.05. The van der Waals surface area contributed by atoms with E-state index in [1.54, 1.807) is 0 Å². The number of aryl methyl sites for hydroxylation is 1. The van der Waals surface area contributed by atoms with E-state index in [1.807, 2.05) is 6.07 Å². The highest BCUT2D eigenvalue weighted by Crippen LogP contribution is 2.16. The molecule has 19 heavy (non-hydrogen) atoms. The Balaban J connectivity index is 2.23. The summed E-state index contributed by atoms with van der Waals surface area (Å²) >= 11 is 3.45. The maximum atomic E-state index is 10.4. The van der Waals surface area contributed by atoms with Crippen molar-refractivity contribution in [2.24, 2.45) is 0 Å². The Morgan fingerprint density at radius 2 is 2.21 bits per heavy atom. The number of benzene rings is 1. The zero-order valence-electron chi connectivity index (χ0n) is 11.0. The summed E-state index contributed by atoms with van der Waals surface area (Å²) in [5.74, 6) is -0.871. The molecule has 5 heteroatoms. The van der Waals surface area contributed by atoms with Gasteiger partial charge in [0.05, 0.1) is 6.10 Å². The monoisotopic (exact) mass is 329 g/mol. The van der Waals surface area contributed by atoms with Crippen LogP contribution < -0.4 is 5.32 Å². The van der Waals surface area contributed by atoms with Crippen molar-refractivity contribution in [3.8, 4) is 0 Å². The van der Waals surface area contributed by atoms with Gasteiger partial charge in [0.15, 0.2) is 0 Å². The van der Waals surface area contributed by atoms with Gasteiger partial charge in [0.1, 0.15) is 0 Å². The lowest BCUT2D eigenvalue weighted by Gasteiger charge is -2.11. The van der Waals surface area contributed by atoms with Gasteiger partial charge >= 0.3 is 5.97 Å². The van der Waals surface area contributed by atoms with Crippen LogP contribution in [-0.2, 0) is 11.2 Å². The van der Waals surface area contributed by atoms with Crippen LogP contribution in [0.5, 0.6) is 0 Å². The number of hydrogen-bond acceptors (Lipinski definition) is 3. The molecule has 0 saturated heterocycles. The molecular weight excluding hydrogens is 310 g/mol. The third-order valence-electron chi connectivity index (χ3n) is 2.95. The second kappa shape index (κ2) is 8.30. The topological polar surface area (TPSA) is 69.6 Å². The van der Waals surface area contributed by atoms with Gasteiger partial charge in [0, 0.05) is 17.4 Å². The standard InChI is InChI=1S/C14H20BrNO3/c1-10-2-3-12(15)8-11(10)6-7-16-9-13(17)4-5-14(18)19/h2-3,8,13,16-17H,4-7,9H2,1H3,(H,18,19). The van der Waals surface area contributed by atoms with Gasteiger partial charge in [-0.1, -0.05) is 22.0 Å². The van der Waals surface area contributed by atoms with E-state index >= 15 is 0 Å². The van der Waals surface area contributed by atoms with E-state index in [0.29, 0.717) is 6.54 Å².